The van der Waals surface area contributed by atoms with Crippen LogP contribution in [0.3, 0.4) is 0 Å². The van der Waals surface area contributed by atoms with Gasteiger partial charge in [0.05, 0.1) is 5.92 Å². The van der Waals surface area contributed by atoms with Crippen molar-refractivity contribution in [3.05, 3.63) is 23.8 Å². The third-order valence-electron chi connectivity index (χ3n) is 2.87. The van der Waals surface area contributed by atoms with Gasteiger partial charge in [0, 0.05) is 0 Å². The van der Waals surface area contributed by atoms with Gasteiger partial charge < -0.3 is 9.90 Å². The monoisotopic (exact) mass is 194 g/mol. The van der Waals surface area contributed by atoms with Gasteiger partial charge in [0.25, 0.3) is 0 Å². The summed E-state index contributed by atoms with van der Waals surface area (Å²) in [4.78, 5) is 10.9. The summed E-state index contributed by atoms with van der Waals surface area (Å²) < 4.78 is 0. The van der Waals surface area contributed by atoms with E-state index in [2.05, 4.69) is 0 Å². The second-order valence-electron chi connectivity index (χ2n) is 4.98. The number of aliphatic hydroxyl groups is 1. The predicted octanol–water partition coefficient (Wildman–Crippen LogP) is 2.09. The van der Waals surface area contributed by atoms with Crippen LogP contribution in [-0.2, 0) is 4.79 Å². The van der Waals surface area contributed by atoms with Crippen molar-refractivity contribution in [1.82, 2.24) is 0 Å². The topological polar surface area (TPSA) is 37.3 Å². The molecule has 1 N–H and O–H groups in total. The van der Waals surface area contributed by atoms with E-state index in [-0.39, 0.29) is 5.41 Å². The minimum atomic E-state index is -1.06. The van der Waals surface area contributed by atoms with Crippen LogP contribution in [0.25, 0.3) is 0 Å². The predicted molar refractivity (Wildman–Crippen MR) is 56.9 cm³/mol. The molecule has 0 aliphatic heterocycles. The lowest BCUT2D eigenvalue weighted by molar-refractivity contribution is -0.121. The minimum Gasteiger partial charge on any atom is -0.384 e. The van der Waals surface area contributed by atoms with Crippen LogP contribution >= 0.6 is 0 Å². The van der Waals surface area contributed by atoms with Crippen LogP contribution in [0.2, 0.25) is 0 Å². The van der Waals surface area contributed by atoms with Gasteiger partial charge in [-0.2, -0.15) is 0 Å². The second-order valence-corrected chi connectivity index (χ2v) is 4.98. The zero-order valence-electron chi connectivity index (χ0n) is 9.24. The summed E-state index contributed by atoms with van der Waals surface area (Å²) in [6.07, 6.45) is 6.24. The van der Waals surface area contributed by atoms with Crippen molar-refractivity contribution in [3.8, 4) is 0 Å². The van der Waals surface area contributed by atoms with E-state index in [9.17, 15) is 9.90 Å². The van der Waals surface area contributed by atoms with E-state index in [1.54, 1.807) is 12.2 Å². The largest absolute Gasteiger partial charge is 0.384 e. The number of hydrogen-bond donors (Lipinski definition) is 1. The van der Waals surface area contributed by atoms with Crippen molar-refractivity contribution >= 4 is 6.29 Å². The Bertz CT molecular complexity index is 294. The highest BCUT2D eigenvalue weighted by Crippen LogP contribution is 2.40. The molecule has 1 aliphatic carbocycles. The third-order valence-corrected chi connectivity index (χ3v) is 2.87. The average molecular weight is 194 g/mol. The number of rotatable bonds is 1. The van der Waals surface area contributed by atoms with Gasteiger partial charge in [0.2, 0.25) is 0 Å². The highest BCUT2D eigenvalue weighted by atomic mass is 16.3. The Balaban J connectivity index is 3.17. The van der Waals surface area contributed by atoms with E-state index >= 15 is 0 Å². The fourth-order valence-electron chi connectivity index (χ4n) is 1.76. The molecule has 0 radical (unpaired) electrons. The number of carbonyl (C=O) groups is 1. The van der Waals surface area contributed by atoms with Crippen LogP contribution in [-0.4, -0.2) is 17.0 Å². The van der Waals surface area contributed by atoms with Gasteiger partial charge >= 0.3 is 0 Å². The van der Waals surface area contributed by atoms with Crippen molar-refractivity contribution in [2.24, 2.45) is 11.3 Å². The Morgan fingerprint density at radius 1 is 1.50 bits per heavy atom. The highest BCUT2D eigenvalue weighted by Gasteiger charge is 2.44. The van der Waals surface area contributed by atoms with Crippen LogP contribution in [0, 0.1) is 11.3 Å². The molecule has 1 rings (SSSR count). The SMILES string of the molecule is CC1=CC(O)(C(C)(C)C)C(C=O)C=C1. The maximum Gasteiger partial charge on any atom is 0.130 e. The molecular formula is C12H18O2. The van der Waals surface area contributed by atoms with E-state index in [4.69, 9.17) is 0 Å². The Kier molecular flexibility index (Phi) is 2.68. The molecule has 78 valence electrons. The molecule has 2 atom stereocenters. The van der Waals surface area contributed by atoms with Crippen molar-refractivity contribution in [1.29, 1.82) is 0 Å². The lowest BCUT2D eigenvalue weighted by atomic mass is 9.67. The van der Waals surface area contributed by atoms with Crippen molar-refractivity contribution in [2.75, 3.05) is 0 Å². The van der Waals surface area contributed by atoms with Gasteiger partial charge in [-0.15, -0.1) is 0 Å². The molecule has 0 heterocycles. The standard InChI is InChI=1S/C12H18O2/c1-9-5-6-10(8-13)12(14,7-9)11(2,3)4/h5-8,10,14H,1-4H3. The molecule has 2 nitrogen and oxygen atoms in total. The third kappa shape index (κ3) is 1.67. The van der Waals surface area contributed by atoms with Gasteiger partial charge in [-0.25, -0.2) is 0 Å². The first-order valence-corrected chi connectivity index (χ1v) is 4.86. The molecule has 0 saturated carbocycles. The Labute approximate surface area is 85.3 Å². The second kappa shape index (κ2) is 3.35. The summed E-state index contributed by atoms with van der Waals surface area (Å²) in [5, 5.41) is 10.5. The number of aldehydes is 1. The fraction of sp³-hybridized carbons (Fsp3) is 0.583. The molecule has 14 heavy (non-hydrogen) atoms. The molecule has 0 aromatic carbocycles. The first kappa shape index (κ1) is 11.2. The molecule has 0 amide bonds. The van der Waals surface area contributed by atoms with Gasteiger partial charge in [0.1, 0.15) is 11.9 Å². The first-order chi connectivity index (χ1) is 6.31. The number of hydrogen-bond acceptors (Lipinski definition) is 2. The molecule has 2 heteroatoms. The van der Waals surface area contributed by atoms with E-state index in [1.165, 1.54) is 0 Å². The molecule has 0 fully saturated rings. The van der Waals surface area contributed by atoms with Crippen molar-refractivity contribution in [3.63, 3.8) is 0 Å². The van der Waals surface area contributed by atoms with Crippen LogP contribution in [0.15, 0.2) is 23.8 Å². The average Bonchev–Trinajstić information content (AvgIpc) is 2.02. The van der Waals surface area contributed by atoms with E-state index in [0.717, 1.165) is 11.9 Å². The molecule has 0 bridgehead atoms. The zero-order chi connectivity index (χ0) is 11.0. The smallest absolute Gasteiger partial charge is 0.130 e. The van der Waals surface area contributed by atoms with Gasteiger partial charge in [0.15, 0.2) is 0 Å². The Morgan fingerprint density at radius 2 is 2.07 bits per heavy atom. The molecule has 1 aliphatic rings. The summed E-state index contributed by atoms with van der Waals surface area (Å²) in [6.45, 7) is 7.74. The van der Waals surface area contributed by atoms with Gasteiger partial charge in [-0.3, -0.25) is 0 Å². The van der Waals surface area contributed by atoms with Gasteiger partial charge in [-0.1, -0.05) is 38.5 Å². The number of carbonyl (C=O) groups excluding carboxylic acids is 1. The zero-order valence-corrected chi connectivity index (χ0v) is 9.24. The quantitative estimate of drug-likeness (QED) is 0.649. The normalized spacial score (nSPS) is 32.6. The number of allylic oxidation sites excluding steroid dienone is 2. The fourth-order valence-corrected chi connectivity index (χ4v) is 1.76. The Hall–Kier alpha value is -0.890. The molecule has 2 unspecified atom stereocenters. The summed E-state index contributed by atoms with van der Waals surface area (Å²) >= 11 is 0. The van der Waals surface area contributed by atoms with Crippen LogP contribution in [0.1, 0.15) is 27.7 Å². The summed E-state index contributed by atoms with van der Waals surface area (Å²) in [6, 6.07) is 0. The van der Waals surface area contributed by atoms with Crippen LogP contribution < -0.4 is 0 Å². The Morgan fingerprint density at radius 3 is 2.50 bits per heavy atom. The van der Waals surface area contributed by atoms with Crippen LogP contribution in [0.5, 0.6) is 0 Å². The lowest BCUT2D eigenvalue weighted by Crippen LogP contribution is -2.48. The molecule has 0 aromatic heterocycles. The summed E-state index contributed by atoms with van der Waals surface area (Å²) in [7, 11) is 0. The molecular weight excluding hydrogens is 176 g/mol. The van der Waals surface area contributed by atoms with E-state index < -0.39 is 11.5 Å². The first-order valence-electron chi connectivity index (χ1n) is 4.86. The molecule has 0 saturated heterocycles. The highest BCUT2D eigenvalue weighted by molar-refractivity contribution is 5.62. The van der Waals surface area contributed by atoms with E-state index in [0.29, 0.717) is 0 Å². The maximum absolute atomic E-state index is 10.9. The maximum atomic E-state index is 10.9. The molecule has 0 aromatic rings. The molecule has 0 spiro atoms. The minimum absolute atomic E-state index is 0.343. The van der Waals surface area contributed by atoms with Gasteiger partial charge in [-0.05, 0) is 18.4 Å². The van der Waals surface area contributed by atoms with Crippen LogP contribution in [0.4, 0.5) is 0 Å². The van der Waals surface area contributed by atoms with E-state index in [1.807, 2.05) is 33.8 Å². The van der Waals surface area contributed by atoms with Crippen molar-refractivity contribution < 1.29 is 9.90 Å². The summed E-state index contributed by atoms with van der Waals surface area (Å²) in [5.41, 5.74) is -0.404. The lowest BCUT2D eigenvalue weighted by Gasteiger charge is -2.42. The van der Waals surface area contributed by atoms with Crippen molar-refractivity contribution in [2.45, 2.75) is 33.3 Å². The summed E-state index contributed by atoms with van der Waals surface area (Å²) in [5.74, 6) is -0.439.